The highest BCUT2D eigenvalue weighted by Crippen LogP contribution is 2.28. The Kier molecular flexibility index (Phi) is 5.63. The summed E-state index contributed by atoms with van der Waals surface area (Å²) in [5.74, 6) is -1.05. The van der Waals surface area contributed by atoms with Gasteiger partial charge in [-0.15, -0.1) is 0 Å². The van der Waals surface area contributed by atoms with Crippen molar-refractivity contribution in [3.63, 3.8) is 0 Å². The highest BCUT2D eigenvalue weighted by Gasteiger charge is 2.29. The molecule has 2 rings (SSSR count). The molecule has 2 aromatic rings. The van der Waals surface area contributed by atoms with Crippen molar-refractivity contribution in [2.24, 2.45) is 0 Å². The first-order valence-corrected chi connectivity index (χ1v) is 8.74. The predicted octanol–water partition coefficient (Wildman–Crippen LogP) is 2.51. The van der Waals surface area contributed by atoms with Crippen molar-refractivity contribution in [1.82, 2.24) is 0 Å². The largest absolute Gasteiger partial charge is 0.496 e. The Morgan fingerprint density at radius 1 is 1.16 bits per heavy atom. The van der Waals surface area contributed by atoms with Gasteiger partial charge in [-0.2, -0.15) is 0 Å². The summed E-state index contributed by atoms with van der Waals surface area (Å²) >= 11 is 0. The van der Waals surface area contributed by atoms with E-state index in [2.05, 4.69) is 4.74 Å². The summed E-state index contributed by atoms with van der Waals surface area (Å²) in [5, 5.41) is 0. The van der Waals surface area contributed by atoms with Gasteiger partial charge in [0.05, 0.1) is 24.8 Å². The normalized spacial score (nSPS) is 11.0. The number of halogens is 1. The van der Waals surface area contributed by atoms with E-state index >= 15 is 0 Å². The molecule has 25 heavy (non-hydrogen) atoms. The number of methoxy groups -OCH3 is 2. The van der Waals surface area contributed by atoms with Crippen LogP contribution in [0.5, 0.6) is 5.75 Å². The first-order valence-electron chi connectivity index (χ1n) is 7.30. The molecule has 6 nitrogen and oxygen atoms in total. The monoisotopic (exact) mass is 367 g/mol. The second kappa shape index (κ2) is 7.52. The van der Waals surface area contributed by atoms with Crippen LogP contribution in [0.4, 0.5) is 10.1 Å². The third-order valence-electron chi connectivity index (χ3n) is 3.58. The van der Waals surface area contributed by atoms with Crippen LogP contribution in [0.3, 0.4) is 0 Å². The Balaban J connectivity index is 2.57. The van der Waals surface area contributed by atoms with Crippen molar-refractivity contribution in [1.29, 1.82) is 0 Å². The third-order valence-corrected chi connectivity index (χ3v) is 5.33. The van der Waals surface area contributed by atoms with Gasteiger partial charge in [-0.3, -0.25) is 9.10 Å². The molecule has 0 saturated carbocycles. The van der Waals surface area contributed by atoms with Crippen LogP contribution in [0.2, 0.25) is 0 Å². The average molecular weight is 367 g/mol. The van der Waals surface area contributed by atoms with Gasteiger partial charge in [0.25, 0.3) is 10.0 Å². The van der Waals surface area contributed by atoms with E-state index in [0.717, 1.165) is 13.2 Å². The van der Waals surface area contributed by atoms with E-state index in [1.54, 1.807) is 6.92 Å². The number of hydrogen-bond acceptors (Lipinski definition) is 5. The van der Waals surface area contributed by atoms with Crippen LogP contribution in [-0.2, 0) is 19.6 Å². The summed E-state index contributed by atoms with van der Waals surface area (Å²) in [6, 6.07) is 9.56. The molecule has 0 unspecified atom stereocenters. The van der Waals surface area contributed by atoms with Gasteiger partial charge in [0.1, 0.15) is 18.1 Å². The highest BCUT2D eigenvalue weighted by molar-refractivity contribution is 7.92. The van der Waals surface area contributed by atoms with Crippen LogP contribution in [0.1, 0.15) is 5.56 Å². The average Bonchev–Trinajstić information content (AvgIpc) is 2.60. The first kappa shape index (κ1) is 18.7. The number of hydrogen-bond donors (Lipinski definition) is 0. The van der Waals surface area contributed by atoms with Crippen molar-refractivity contribution in [2.75, 3.05) is 25.1 Å². The lowest BCUT2D eigenvalue weighted by Gasteiger charge is -2.24. The molecule has 0 aliphatic heterocycles. The third kappa shape index (κ3) is 3.90. The molecule has 2 aromatic carbocycles. The van der Waals surface area contributed by atoms with Crippen molar-refractivity contribution in [3.8, 4) is 5.75 Å². The summed E-state index contributed by atoms with van der Waals surface area (Å²) in [6.07, 6.45) is 0. The maximum absolute atomic E-state index is 14.2. The quantitative estimate of drug-likeness (QED) is 0.734. The van der Waals surface area contributed by atoms with Gasteiger partial charge in [0, 0.05) is 0 Å². The minimum Gasteiger partial charge on any atom is -0.496 e. The first-order chi connectivity index (χ1) is 11.8. The SMILES string of the molecule is COC(=O)CN(c1ccccc1F)S(=O)(=O)c1ccc(OC)c(C)c1. The Labute approximate surface area is 145 Å². The van der Waals surface area contributed by atoms with Gasteiger partial charge >= 0.3 is 5.97 Å². The van der Waals surface area contributed by atoms with E-state index in [-0.39, 0.29) is 10.6 Å². The van der Waals surface area contributed by atoms with Gasteiger partial charge in [-0.25, -0.2) is 12.8 Å². The number of anilines is 1. The fourth-order valence-electron chi connectivity index (χ4n) is 2.27. The van der Waals surface area contributed by atoms with Crippen LogP contribution < -0.4 is 9.04 Å². The number of benzene rings is 2. The molecule has 0 aromatic heterocycles. The van der Waals surface area contributed by atoms with Crippen molar-refractivity contribution >= 4 is 21.7 Å². The maximum Gasteiger partial charge on any atom is 0.326 e. The van der Waals surface area contributed by atoms with Crippen molar-refractivity contribution in [3.05, 3.63) is 53.8 Å². The fraction of sp³-hybridized carbons (Fsp3) is 0.235. The summed E-state index contributed by atoms with van der Waals surface area (Å²) in [4.78, 5) is 11.6. The van der Waals surface area contributed by atoms with Crippen LogP contribution in [-0.4, -0.2) is 35.2 Å². The lowest BCUT2D eigenvalue weighted by Crippen LogP contribution is -2.37. The molecule has 134 valence electrons. The van der Waals surface area contributed by atoms with E-state index < -0.39 is 28.4 Å². The number of aryl methyl sites for hydroxylation is 1. The molecule has 0 aliphatic carbocycles. The second-order valence-electron chi connectivity index (χ2n) is 5.17. The Morgan fingerprint density at radius 2 is 1.84 bits per heavy atom. The Morgan fingerprint density at radius 3 is 2.40 bits per heavy atom. The molecule has 0 amide bonds. The minimum atomic E-state index is -4.19. The minimum absolute atomic E-state index is 0.0852. The van der Waals surface area contributed by atoms with Crippen LogP contribution in [0, 0.1) is 12.7 Å². The number of carbonyl (C=O) groups excluding carboxylic acids is 1. The number of rotatable bonds is 6. The summed E-state index contributed by atoms with van der Waals surface area (Å²) < 4.78 is 50.5. The molecule has 0 atom stereocenters. The smallest absolute Gasteiger partial charge is 0.326 e. The molecular weight excluding hydrogens is 349 g/mol. The molecule has 0 spiro atoms. The van der Waals surface area contributed by atoms with Crippen LogP contribution in [0.25, 0.3) is 0 Å². The zero-order chi connectivity index (χ0) is 18.6. The van der Waals surface area contributed by atoms with E-state index in [0.29, 0.717) is 15.6 Å². The van der Waals surface area contributed by atoms with Gasteiger partial charge in [-0.1, -0.05) is 12.1 Å². The van der Waals surface area contributed by atoms with Gasteiger partial charge < -0.3 is 9.47 Å². The van der Waals surface area contributed by atoms with Crippen LogP contribution in [0.15, 0.2) is 47.4 Å². The summed E-state index contributed by atoms with van der Waals surface area (Å²) in [6.45, 7) is 1.04. The number of sulfonamides is 1. The molecule has 0 radical (unpaired) electrons. The molecule has 0 saturated heterocycles. The lowest BCUT2D eigenvalue weighted by atomic mass is 10.2. The van der Waals surface area contributed by atoms with Gasteiger partial charge in [0.2, 0.25) is 0 Å². The number of para-hydroxylation sites is 1. The van der Waals surface area contributed by atoms with Gasteiger partial charge in [-0.05, 0) is 42.8 Å². The molecule has 0 bridgehead atoms. The summed E-state index contributed by atoms with van der Waals surface area (Å²) in [7, 11) is -1.59. The Bertz CT molecular complexity index is 882. The topological polar surface area (TPSA) is 72.9 Å². The standard InChI is InChI=1S/C17H18FNO5S/c1-12-10-13(8-9-16(12)23-2)25(21,22)19(11-17(20)24-3)15-7-5-4-6-14(15)18/h4-10H,11H2,1-3H3. The number of carbonyl (C=O) groups is 1. The van der Waals surface area contributed by atoms with Crippen molar-refractivity contribution in [2.45, 2.75) is 11.8 Å². The lowest BCUT2D eigenvalue weighted by molar-refractivity contribution is -0.138. The molecule has 0 fully saturated rings. The number of esters is 1. The van der Waals surface area contributed by atoms with E-state index in [4.69, 9.17) is 4.74 Å². The number of ether oxygens (including phenoxy) is 2. The fourth-order valence-corrected chi connectivity index (χ4v) is 3.78. The van der Waals surface area contributed by atoms with E-state index in [1.807, 2.05) is 0 Å². The van der Waals surface area contributed by atoms with Crippen molar-refractivity contribution < 1.29 is 27.1 Å². The Hall–Kier alpha value is -2.61. The second-order valence-corrected chi connectivity index (χ2v) is 7.03. The highest BCUT2D eigenvalue weighted by atomic mass is 32.2. The zero-order valence-corrected chi connectivity index (χ0v) is 14.8. The van der Waals surface area contributed by atoms with E-state index in [1.165, 1.54) is 43.5 Å². The molecule has 8 heteroatoms. The molecule has 0 heterocycles. The number of nitrogens with zero attached hydrogens (tertiary/aromatic N) is 1. The summed E-state index contributed by atoms with van der Waals surface area (Å²) in [5.41, 5.74) is 0.358. The molecule has 0 N–H and O–H groups in total. The zero-order valence-electron chi connectivity index (χ0n) is 14.0. The predicted molar refractivity (Wildman–Crippen MR) is 90.7 cm³/mol. The molecule has 0 aliphatic rings. The van der Waals surface area contributed by atoms with Gasteiger partial charge in [0.15, 0.2) is 0 Å². The maximum atomic E-state index is 14.2. The van der Waals surface area contributed by atoms with Crippen LogP contribution >= 0.6 is 0 Å². The van der Waals surface area contributed by atoms with E-state index in [9.17, 15) is 17.6 Å². The molecular formula is C17H18FNO5S.